The van der Waals surface area contributed by atoms with Crippen LogP contribution in [0.3, 0.4) is 0 Å². The molecule has 3 aromatic carbocycles. The summed E-state index contributed by atoms with van der Waals surface area (Å²) in [6.07, 6.45) is 1.59. The van der Waals surface area contributed by atoms with E-state index in [2.05, 4.69) is 4.90 Å². The van der Waals surface area contributed by atoms with Crippen LogP contribution in [0.25, 0.3) is 5.76 Å². The topological polar surface area (TPSA) is 88.5 Å². The highest BCUT2D eigenvalue weighted by Crippen LogP contribution is 2.40. The lowest BCUT2D eigenvalue weighted by Crippen LogP contribution is -2.38. The number of morpholine rings is 1. The molecule has 5 rings (SSSR count). The van der Waals surface area contributed by atoms with Crippen molar-refractivity contribution in [2.45, 2.75) is 39.3 Å². The van der Waals surface area contributed by atoms with Crippen LogP contribution in [0.4, 0.5) is 0 Å². The molecule has 0 saturated carbocycles. The first-order valence-electron chi connectivity index (χ1n) is 15.0. The van der Waals surface area contributed by atoms with Gasteiger partial charge in [-0.2, -0.15) is 0 Å². The molecule has 0 spiro atoms. The Labute approximate surface area is 253 Å². The minimum Gasteiger partial charge on any atom is -0.507 e. The summed E-state index contributed by atoms with van der Waals surface area (Å²) in [6, 6.07) is 21.7. The van der Waals surface area contributed by atoms with Crippen LogP contribution in [-0.4, -0.2) is 72.6 Å². The van der Waals surface area contributed by atoms with Gasteiger partial charge in [0.15, 0.2) is 0 Å². The highest BCUT2D eigenvalue weighted by Gasteiger charge is 2.45. The molecule has 0 aromatic heterocycles. The molecule has 0 radical (unpaired) electrons. The van der Waals surface area contributed by atoms with Crippen molar-refractivity contribution >= 4 is 17.4 Å². The molecule has 8 heteroatoms. The van der Waals surface area contributed by atoms with Crippen LogP contribution in [-0.2, 0) is 20.9 Å². The second-order valence-electron chi connectivity index (χ2n) is 11.0. The quantitative estimate of drug-likeness (QED) is 0.171. The first-order valence-corrected chi connectivity index (χ1v) is 15.0. The Hall–Kier alpha value is -4.14. The molecule has 2 heterocycles. The van der Waals surface area contributed by atoms with E-state index < -0.39 is 17.7 Å². The SMILES string of the molecule is CCCOc1ccc(C2C(=C(O)c3ccc(OCc4ccccc4C)cc3)C(=O)C(=O)N2CCCN2CCOCC2)cc1. The summed E-state index contributed by atoms with van der Waals surface area (Å²) in [7, 11) is 0. The zero-order valence-electron chi connectivity index (χ0n) is 25.0. The number of amides is 1. The molecule has 0 bridgehead atoms. The molecule has 2 saturated heterocycles. The number of hydrogen-bond acceptors (Lipinski definition) is 7. The van der Waals surface area contributed by atoms with Crippen molar-refractivity contribution in [2.24, 2.45) is 0 Å². The largest absolute Gasteiger partial charge is 0.507 e. The Bertz CT molecular complexity index is 1430. The summed E-state index contributed by atoms with van der Waals surface area (Å²) in [4.78, 5) is 30.7. The summed E-state index contributed by atoms with van der Waals surface area (Å²) >= 11 is 0. The maximum Gasteiger partial charge on any atom is 0.295 e. The predicted octanol–water partition coefficient (Wildman–Crippen LogP) is 5.51. The Morgan fingerprint density at radius 3 is 2.28 bits per heavy atom. The van der Waals surface area contributed by atoms with Crippen LogP contribution in [0.15, 0.2) is 78.4 Å². The molecule has 3 aromatic rings. The number of ketones is 1. The summed E-state index contributed by atoms with van der Waals surface area (Å²) in [6.45, 7) is 9.41. The predicted molar refractivity (Wildman–Crippen MR) is 165 cm³/mol. The maximum absolute atomic E-state index is 13.5. The van der Waals surface area contributed by atoms with Gasteiger partial charge >= 0.3 is 0 Å². The Kier molecular flexibility index (Phi) is 10.1. The third-order valence-electron chi connectivity index (χ3n) is 7.97. The van der Waals surface area contributed by atoms with Gasteiger partial charge in [-0.15, -0.1) is 0 Å². The van der Waals surface area contributed by atoms with Gasteiger partial charge in [-0.1, -0.05) is 43.3 Å². The monoisotopic (exact) mass is 584 g/mol. The molecule has 0 aliphatic carbocycles. The zero-order valence-corrected chi connectivity index (χ0v) is 25.0. The Morgan fingerprint density at radius 2 is 1.58 bits per heavy atom. The van der Waals surface area contributed by atoms with E-state index in [-0.39, 0.29) is 11.3 Å². The summed E-state index contributed by atoms with van der Waals surface area (Å²) < 4.78 is 17.2. The molecule has 2 fully saturated rings. The molecule has 8 nitrogen and oxygen atoms in total. The summed E-state index contributed by atoms with van der Waals surface area (Å²) in [5, 5.41) is 11.5. The lowest BCUT2D eigenvalue weighted by atomic mass is 9.95. The van der Waals surface area contributed by atoms with Gasteiger partial charge < -0.3 is 24.2 Å². The third-order valence-corrected chi connectivity index (χ3v) is 7.97. The lowest BCUT2D eigenvalue weighted by Gasteiger charge is -2.29. The first-order chi connectivity index (χ1) is 21.0. The van der Waals surface area contributed by atoms with Gasteiger partial charge in [0.1, 0.15) is 23.9 Å². The molecule has 1 unspecified atom stereocenters. The molecule has 1 atom stereocenters. The third kappa shape index (κ3) is 7.27. The number of carbonyl (C=O) groups excluding carboxylic acids is 2. The molecule has 1 amide bonds. The van der Waals surface area contributed by atoms with Crippen molar-refractivity contribution in [1.82, 2.24) is 9.80 Å². The van der Waals surface area contributed by atoms with Crippen molar-refractivity contribution in [3.05, 3.63) is 101 Å². The number of nitrogens with zero attached hydrogens (tertiary/aromatic N) is 2. The van der Waals surface area contributed by atoms with Gasteiger partial charge in [-0.3, -0.25) is 14.5 Å². The lowest BCUT2D eigenvalue weighted by molar-refractivity contribution is -0.140. The Morgan fingerprint density at radius 1 is 0.907 bits per heavy atom. The summed E-state index contributed by atoms with van der Waals surface area (Å²) in [5.74, 6) is -0.118. The van der Waals surface area contributed by atoms with E-state index in [1.165, 1.54) is 0 Å². The van der Waals surface area contributed by atoms with E-state index in [0.29, 0.717) is 50.7 Å². The van der Waals surface area contributed by atoms with E-state index in [0.717, 1.165) is 48.5 Å². The van der Waals surface area contributed by atoms with Crippen molar-refractivity contribution < 1.29 is 28.9 Å². The molecular weight excluding hydrogens is 544 g/mol. The van der Waals surface area contributed by atoms with E-state index in [9.17, 15) is 14.7 Å². The number of ether oxygens (including phenoxy) is 3. The van der Waals surface area contributed by atoms with Crippen LogP contribution in [0.1, 0.15) is 48.1 Å². The minimum atomic E-state index is -0.707. The van der Waals surface area contributed by atoms with Crippen molar-refractivity contribution in [1.29, 1.82) is 0 Å². The van der Waals surface area contributed by atoms with Crippen LogP contribution in [0.2, 0.25) is 0 Å². The molecule has 43 heavy (non-hydrogen) atoms. The molecule has 1 N–H and O–H groups in total. The van der Waals surface area contributed by atoms with E-state index >= 15 is 0 Å². The van der Waals surface area contributed by atoms with Crippen molar-refractivity contribution in [3.8, 4) is 11.5 Å². The standard InChI is InChI=1S/C35H40N2O6/c1-3-21-42-29-13-9-26(10-14-29)32-31(34(39)35(40)37(32)18-6-17-36-19-22-41-23-20-36)33(38)27-11-15-30(16-12-27)43-24-28-8-5-4-7-25(28)2/h4-5,7-16,32,38H,3,6,17-24H2,1-2H3. The fourth-order valence-corrected chi connectivity index (χ4v) is 5.51. The second kappa shape index (κ2) is 14.4. The number of Topliss-reactive ketones (excluding diaryl/α,β-unsaturated/α-hetero) is 1. The number of carbonyl (C=O) groups is 2. The average Bonchev–Trinajstić information content (AvgIpc) is 3.29. The fourth-order valence-electron chi connectivity index (χ4n) is 5.51. The zero-order chi connectivity index (χ0) is 30.2. The van der Waals surface area contributed by atoms with Crippen molar-refractivity contribution in [2.75, 3.05) is 46.0 Å². The van der Waals surface area contributed by atoms with Crippen LogP contribution < -0.4 is 9.47 Å². The smallest absolute Gasteiger partial charge is 0.295 e. The average molecular weight is 585 g/mol. The number of benzene rings is 3. The maximum atomic E-state index is 13.5. The van der Waals surface area contributed by atoms with E-state index in [1.807, 2.05) is 62.4 Å². The van der Waals surface area contributed by atoms with Crippen LogP contribution in [0.5, 0.6) is 11.5 Å². The molecule has 226 valence electrons. The number of aryl methyl sites for hydroxylation is 1. The van der Waals surface area contributed by atoms with E-state index in [4.69, 9.17) is 14.2 Å². The van der Waals surface area contributed by atoms with Gasteiger partial charge in [-0.25, -0.2) is 0 Å². The fraction of sp³-hybridized carbons (Fsp3) is 0.371. The highest BCUT2D eigenvalue weighted by atomic mass is 16.5. The first kappa shape index (κ1) is 30.3. The Balaban J connectivity index is 1.39. The van der Waals surface area contributed by atoms with E-state index in [1.54, 1.807) is 29.2 Å². The molecule has 2 aliphatic heterocycles. The van der Waals surface area contributed by atoms with Gasteiger partial charge in [-0.05, 0) is 72.9 Å². The van der Waals surface area contributed by atoms with Gasteiger partial charge in [0, 0.05) is 31.7 Å². The second-order valence-corrected chi connectivity index (χ2v) is 11.0. The summed E-state index contributed by atoms with van der Waals surface area (Å²) in [5.41, 5.74) is 3.52. The highest BCUT2D eigenvalue weighted by molar-refractivity contribution is 6.46. The molecule has 2 aliphatic rings. The van der Waals surface area contributed by atoms with Crippen LogP contribution >= 0.6 is 0 Å². The van der Waals surface area contributed by atoms with Crippen LogP contribution in [0, 0.1) is 6.92 Å². The number of aliphatic hydroxyl groups is 1. The van der Waals surface area contributed by atoms with Crippen molar-refractivity contribution in [3.63, 3.8) is 0 Å². The number of likely N-dealkylation sites (tertiary alicyclic amines) is 1. The molecular formula is C35H40N2O6. The van der Waals surface area contributed by atoms with Gasteiger partial charge in [0.2, 0.25) is 0 Å². The number of rotatable bonds is 12. The van der Waals surface area contributed by atoms with Gasteiger partial charge in [0.05, 0.1) is 31.4 Å². The number of aliphatic hydroxyl groups excluding tert-OH is 1. The van der Waals surface area contributed by atoms with Gasteiger partial charge in [0.25, 0.3) is 11.7 Å². The minimum absolute atomic E-state index is 0.0900. The number of hydrogen-bond donors (Lipinski definition) is 1. The normalized spacial score (nSPS) is 18.7.